The van der Waals surface area contributed by atoms with Crippen molar-refractivity contribution in [2.45, 2.75) is 64.3 Å². The molecular formula is C17H28N2. The van der Waals surface area contributed by atoms with E-state index in [1.165, 1.54) is 49.8 Å². The van der Waals surface area contributed by atoms with Crippen molar-refractivity contribution >= 4 is 0 Å². The van der Waals surface area contributed by atoms with E-state index >= 15 is 0 Å². The monoisotopic (exact) mass is 260 g/mol. The van der Waals surface area contributed by atoms with Gasteiger partial charge in [0.25, 0.3) is 0 Å². The molecule has 1 fully saturated rings. The SMILES string of the molecule is CCc1ccc(CC(CC2CCCCC2)NC)nc1. The van der Waals surface area contributed by atoms with Crippen molar-refractivity contribution in [2.75, 3.05) is 7.05 Å². The maximum absolute atomic E-state index is 4.59. The fraction of sp³-hybridized carbons (Fsp3) is 0.706. The molecule has 1 saturated carbocycles. The third kappa shape index (κ3) is 4.61. The summed E-state index contributed by atoms with van der Waals surface area (Å²) in [4.78, 5) is 4.59. The molecule has 2 heteroatoms. The summed E-state index contributed by atoms with van der Waals surface area (Å²) in [6, 6.07) is 5.00. The Morgan fingerprint density at radius 1 is 1.26 bits per heavy atom. The first-order valence-electron chi connectivity index (χ1n) is 7.93. The molecule has 0 amide bonds. The van der Waals surface area contributed by atoms with Gasteiger partial charge in [0.05, 0.1) is 0 Å². The van der Waals surface area contributed by atoms with Gasteiger partial charge < -0.3 is 5.32 Å². The molecule has 1 aliphatic rings. The van der Waals surface area contributed by atoms with E-state index in [1.54, 1.807) is 0 Å². The predicted octanol–water partition coefficient (Wildman–Crippen LogP) is 3.74. The van der Waals surface area contributed by atoms with E-state index in [1.807, 2.05) is 6.20 Å². The molecule has 1 unspecified atom stereocenters. The van der Waals surface area contributed by atoms with Gasteiger partial charge in [0.2, 0.25) is 0 Å². The van der Waals surface area contributed by atoms with Crippen LogP contribution in [0.1, 0.15) is 56.7 Å². The summed E-state index contributed by atoms with van der Waals surface area (Å²) < 4.78 is 0. The first kappa shape index (κ1) is 14.5. The zero-order chi connectivity index (χ0) is 13.5. The minimum Gasteiger partial charge on any atom is -0.317 e. The van der Waals surface area contributed by atoms with Crippen molar-refractivity contribution in [3.8, 4) is 0 Å². The van der Waals surface area contributed by atoms with Crippen LogP contribution in [0.2, 0.25) is 0 Å². The summed E-state index contributed by atoms with van der Waals surface area (Å²) in [5.74, 6) is 0.932. The summed E-state index contributed by atoms with van der Waals surface area (Å²) in [5.41, 5.74) is 2.56. The van der Waals surface area contributed by atoms with Crippen molar-refractivity contribution in [1.29, 1.82) is 0 Å². The minimum absolute atomic E-state index is 0.586. The predicted molar refractivity (Wildman–Crippen MR) is 81.4 cm³/mol. The molecule has 0 bridgehead atoms. The number of aromatic nitrogens is 1. The lowest BCUT2D eigenvalue weighted by Crippen LogP contribution is -2.31. The molecule has 1 aromatic rings. The van der Waals surface area contributed by atoms with Gasteiger partial charge in [-0.3, -0.25) is 4.98 Å². The highest BCUT2D eigenvalue weighted by Crippen LogP contribution is 2.27. The van der Waals surface area contributed by atoms with Crippen molar-refractivity contribution in [2.24, 2.45) is 5.92 Å². The molecule has 1 aliphatic carbocycles. The van der Waals surface area contributed by atoms with E-state index in [9.17, 15) is 0 Å². The standard InChI is InChI=1S/C17H28N2/c1-3-14-9-10-16(19-13-14)12-17(18-2)11-15-7-5-4-6-8-15/h9-10,13,15,17-18H,3-8,11-12H2,1-2H3. The zero-order valence-corrected chi connectivity index (χ0v) is 12.5. The van der Waals surface area contributed by atoms with E-state index in [2.05, 4.69) is 36.4 Å². The van der Waals surface area contributed by atoms with Crippen LogP contribution < -0.4 is 5.32 Å². The molecule has 1 heterocycles. The second-order valence-corrected chi connectivity index (χ2v) is 5.94. The minimum atomic E-state index is 0.586. The topological polar surface area (TPSA) is 24.9 Å². The van der Waals surface area contributed by atoms with Crippen LogP contribution >= 0.6 is 0 Å². The van der Waals surface area contributed by atoms with Crippen molar-refractivity contribution in [3.63, 3.8) is 0 Å². The van der Waals surface area contributed by atoms with Gasteiger partial charge in [0, 0.05) is 24.4 Å². The Bertz CT molecular complexity index is 352. The molecule has 1 atom stereocenters. The molecule has 106 valence electrons. The molecule has 19 heavy (non-hydrogen) atoms. The number of aryl methyl sites for hydroxylation is 1. The number of nitrogens with zero attached hydrogens (tertiary/aromatic N) is 1. The Balaban J connectivity index is 1.86. The van der Waals surface area contributed by atoms with Gasteiger partial charge >= 0.3 is 0 Å². The van der Waals surface area contributed by atoms with Crippen LogP contribution in [0.3, 0.4) is 0 Å². The second-order valence-electron chi connectivity index (χ2n) is 5.94. The lowest BCUT2D eigenvalue weighted by molar-refractivity contribution is 0.302. The fourth-order valence-corrected chi connectivity index (χ4v) is 3.17. The first-order valence-corrected chi connectivity index (χ1v) is 7.93. The molecule has 0 saturated heterocycles. The third-order valence-electron chi connectivity index (χ3n) is 4.50. The van der Waals surface area contributed by atoms with E-state index in [0.717, 1.165) is 18.8 Å². The van der Waals surface area contributed by atoms with Crippen molar-refractivity contribution in [1.82, 2.24) is 10.3 Å². The summed E-state index contributed by atoms with van der Waals surface area (Å²) in [6.45, 7) is 2.18. The summed E-state index contributed by atoms with van der Waals surface area (Å²) in [7, 11) is 2.09. The van der Waals surface area contributed by atoms with Gasteiger partial charge in [-0.2, -0.15) is 0 Å². The van der Waals surface area contributed by atoms with E-state index in [0.29, 0.717) is 6.04 Å². The zero-order valence-electron chi connectivity index (χ0n) is 12.5. The van der Waals surface area contributed by atoms with Crippen LogP contribution in [0.4, 0.5) is 0 Å². The highest BCUT2D eigenvalue weighted by atomic mass is 14.9. The molecule has 1 N–H and O–H groups in total. The van der Waals surface area contributed by atoms with Gasteiger partial charge in [-0.1, -0.05) is 45.1 Å². The van der Waals surface area contributed by atoms with Gasteiger partial charge in [0.1, 0.15) is 0 Å². The second kappa shape index (κ2) is 7.64. The van der Waals surface area contributed by atoms with Crippen molar-refractivity contribution in [3.05, 3.63) is 29.6 Å². The Morgan fingerprint density at radius 2 is 2.05 bits per heavy atom. The maximum Gasteiger partial charge on any atom is 0.0419 e. The van der Waals surface area contributed by atoms with Gasteiger partial charge in [-0.25, -0.2) is 0 Å². The molecule has 1 aromatic heterocycles. The maximum atomic E-state index is 4.59. The molecule has 2 rings (SSSR count). The molecule has 0 radical (unpaired) electrons. The average molecular weight is 260 g/mol. The number of hydrogen-bond acceptors (Lipinski definition) is 2. The highest BCUT2D eigenvalue weighted by molar-refractivity contribution is 5.14. The number of likely N-dealkylation sites (N-methyl/N-ethyl adjacent to an activating group) is 1. The van der Waals surface area contributed by atoms with Crippen LogP contribution in [-0.2, 0) is 12.8 Å². The summed E-state index contributed by atoms with van der Waals surface area (Å²) in [5, 5.41) is 3.49. The quantitative estimate of drug-likeness (QED) is 0.842. The summed E-state index contributed by atoms with van der Waals surface area (Å²) >= 11 is 0. The smallest absolute Gasteiger partial charge is 0.0419 e. The average Bonchev–Trinajstić information content (AvgIpc) is 2.48. The first-order chi connectivity index (χ1) is 9.31. The molecule has 0 aromatic carbocycles. The number of hydrogen-bond donors (Lipinski definition) is 1. The molecule has 0 aliphatic heterocycles. The van der Waals surface area contributed by atoms with E-state index < -0.39 is 0 Å². The van der Waals surface area contributed by atoms with Crippen LogP contribution in [0.25, 0.3) is 0 Å². The van der Waals surface area contributed by atoms with Gasteiger partial charge in [-0.15, -0.1) is 0 Å². The Morgan fingerprint density at radius 3 is 2.63 bits per heavy atom. The number of nitrogens with one attached hydrogen (secondary N) is 1. The van der Waals surface area contributed by atoms with E-state index in [4.69, 9.17) is 0 Å². The Kier molecular flexibility index (Phi) is 5.84. The highest BCUT2D eigenvalue weighted by Gasteiger charge is 2.18. The van der Waals surface area contributed by atoms with Crippen LogP contribution in [0, 0.1) is 5.92 Å². The van der Waals surface area contributed by atoms with Crippen LogP contribution in [0.15, 0.2) is 18.3 Å². The van der Waals surface area contributed by atoms with Crippen molar-refractivity contribution < 1.29 is 0 Å². The number of pyridine rings is 1. The van der Waals surface area contributed by atoms with Gasteiger partial charge in [-0.05, 0) is 37.4 Å². The van der Waals surface area contributed by atoms with E-state index in [-0.39, 0.29) is 0 Å². The number of rotatable bonds is 6. The van der Waals surface area contributed by atoms with Gasteiger partial charge in [0.15, 0.2) is 0 Å². The molecule has 2 nitrogen and oxygen atoms in total. The molecule has 0 spiro atoms. The lowest BCUT2D eigenvalue weighted by Gasteiger charge is -2.26. The molecular weight excluding hydrogens is 232 g/mol. The fourth-order valence-electron chi connectivity index (χ4n) is 3.17. The normalized spacial score (nSPS) is 18.4. The third-order valence-corrected chi connectivity index (χ3v) is 4.50. The summed E-state index contributed by atoms with van der Waals surface area (Å²) in [6.07, 6.45) is 12.7. The van der Waals surface area contributed by atoms with Crippen LogP contribution in [0.5, 0.6) is 0 Å². The Hall–Kier alpha value is -0.890. The van der Waals surface area contributed by atoms with Crippen LogP contribution in [-0.4, -0.2) is 18.1 Å². The largest absolute Gasteiger partial charge is 0.317 e. The lowest BCUT2D eigenvalue weighted by atomic mass is 9.84. The Labute approximate surface area is 118 Å².